The molecule has 2 heterocycles. The van der Waals surface area contributed by atoms with Crippen LogP contribution in [0.1, 0.15) is 48.5 Å². The number of benzene rings is 1. The van der Waals surface area contributed by atoms with E-state index in [-0.39, 0.29) is 18.6 Å². The lowest BCUT2D eigenvalue weighted by Crippen LogP contribution is -2.42. The van der Waals surface area contributed by atoms with Crippen LogP contribution in [0.15, 0.2) is 34.7 Å². The highest BCUT2D eigenvalue weighted by Gasteiger charge is 2.27. The number of ether oxygens (including phenoxy) is 1. The summed E-state index contributed by atoms with van der Waals surface area (Å²) in [7, 11) is 0. The molecule has 1 atom stereocenters. The third-order valence-corrected chi connectivity index (χ3v) is 5.69. The van der Waals surface area contributed by atoms with Gasteiger partial charge in [0, 0.05) is 6.54 Å². The van der Waals surface area contributed by atoms with Crippen molar-refractivity contribution < 1.29 is 13.9 Å². The van der Waals surface area contributed by atoms with Crippen molar-refractivity contribution in [3.63, 3.8) is 0 Å². The molecule has 3 rings (SSSR count). The van der Waals surface area contributed by atoms with Gasteiger partial charge in [-0.3, -0.25) is 9.69 Å². The number of aryl methyl sites for hydroxylation is 3. The van der Waals surface area contributed by atoms with E-state index >= 15 is 0 Å². The fourth-order valence-corrected chi connectivity index (χ4v) is 3.60. The monoisotopic (exact) mass is 384 g/mol. The average molecular weight is 385 g/mol. The fourth-order valence-electron chi connectivity index (χ4n) is 3.60. The summed E-state index contributed by atoms with van der Waals surface area (Å²) in [5.41, 5.74) is 2.37. The van der Waals surface area contributed by atoms with Crippen LogP contribution in [-0.4, -0.2) is 37.0 Å². The molecule has 1 aromatic carbocycles. The molecule has 0 saturated carbocycles. The van der Waals surface area contributed by atoms with Crippen molar-refractivity contribution in [2.45, 2.75) is 46.6 Å². The Labute approximate surface area is 168 Å². The Morgan fingerprint density at radius 2 is 1.93 bits per heavy atom. The molecule has 1 aliphatic rings. The first-order valence-electron chi connectivity index (χ1n) is 10.2. The Morgan fingerprint density at radius 1 is 1.18 bits per heavy atom. The summed E-state index contributed by atoms with van der Waals surface area (Å²) < 4.78 is 11.5. The van der Waals surface area contributed by atoms with Crippen LogP contribution in [0.4, 0.5) is 0 Å². The van der Waals surface area contributed by atoms with Crippen LogP contribution < -0.4 is 10.1 Å². The third-order valence-electron chi connectivity index (χ3n) is 5.69. The number of carbonyl (C=O) groups excluding carboxylic acids is 1. The number of carbonyl (C=O) groups is 1. The summed E-state index contributed by atoms with van der Waals surface area (Å²) in [6, 6.07) is 9.95. The number of hydrogen-bond acceptors (Lipinski definition) is 4. The number of nitrogens with zero attached hydrogens (tertiary/aromatic N) is 1. The second-order valence-electron chi connectivity index (χ2n) is 8.02. The lowest BCUT2D eigenvalue weighted by Gasteiger charge is -2.35. The molecule has 0 spiro atoms. The van der Waals surface area contributed by atoms with Gasteiger partial charge in [0.25, 0.3) is 5.91 Å². The Kier molecular flexibility index (Phi) is 6.79. The van der Waals surface area contributed by atoms with Gasteiger partial charge in [-0.05, 0) is 88.0 Å². The maximum atomic E-state index is 12.4. The number of piperidine rings is 1. The van der Waals surface area contributed by atoms with E-state index in [1.165, 1.54) is 18.4 Å². The first kappa shape index (κ1) is 20.5. The molecule has 0 bridgehead atoms. The van der Waals surface area contributed by atoms with Crippen molar-refractivity contribution in [2.24, 2.45) is 5.92 Å². The van der Waals surface area contributed by atoms with Crippen molar-refractivity contribution in [3.8, 4) is 5.75 Å². The van der Waals surface area contributed by atoms with Gasteiger partial charge in [-0.2, -0.15) is 0 Å². The highest BCUT2D eigenvalue weighted by molar-refractivity contribution is 5.77. The minimum absolute atomic E-state index is 0.0173. The van der Waals surface area contributed by atoms with Gasteiger partial charge in [0.2, 0.25) is 0 Å². The second-order valence-corrected chi connectivity index (χ2v) is 8.02. The lowest BCUT2D eigenvalue weighted by atomic mass is 9.97. The molecule has 1 aliphatic heterocycles. The Hall–Kier alpha value is -2.27. The first-order chi connectivity index (χ1) is 13.4. The Morgan fingerprint density at radius 3 is 2.57 bits per heavy atom. The fraction of sp³-hybridized carbons (Fsp3) is 0.522. The molecule has 2 aromatic rings. The van der Waals surface area contributed by atoms with Gasteiger partial charge >= 0.3 is 0 Å². The van der Waals surface area contributed by atoms with E-state index in [4.69, 9.17) is 9.15 Å². The standard InChI is InChI=1S/C23H32N2O3/c1-16-9-11-25(12-10-16)21(22-8-6-19(4)28-22)14-24-23(26)15-27-20-7-5-17(2)18(3)13-20/h5-8,13,16,21H,9-12,14-15H2,1-4H3,(H,24,26)/t21-/m1/s1. The zero-order valence-electron chi connectivity index (χ0n) is 17.5. The normalized spacial score (nSPS) is 16.7. The highest BCUT2D eigenvalue weighted by atomic mass is 16.5. The predicted molar refractivity (Wildman–Crippen MR) is 111 cm³/mol. The molecule has 0 aliphatic carbocycles. The maximum absolute atomic E-state index is 12.4. The largest absolute Gasteiger partial charge is 0.484 e. The quantitative estimate of drug-likeness (QED) is 0.778. The molecule has 152 valence electrons. The molecule has 5 heteroatoms. The van der Waals surface area contributed by atoms with Gasteiger partial charge in [0.05, 0.1) is 6.04 Å². The molecule has 0 unspecified atom stereocenters. The summed E-state index contributed by atoms with van der Waals surface area (Å²) in [6.45, 7) is 11.0. The van der Waals surface area contributed by atoms with Crippen molar-refractivity contribution in [1.82, 2.24) is 10.2 Å². The second kappa shape index (κ2) is 9.28. The Balaban J connectivity index is 1.56. The van der Waals surface area contributed by atoms with Crippen LogP contribution >= 0.6 is 0 Å². The first-order valence-corrected chi connectivity index (χ1v) is 10.2. The zero-order chi connectivity index (χ0) is 20.1. The Bertz CT molecular complexity index is 791. The summed E-state index contributed by atoms with van der Waals surface area (Å²) in [5.74, 6) is 3.19. The van der Waals surface area contributed by atoms with Crippen molar-refractivity contribution in [1.29, 1.82) is 0 Å². The number of nitrogens with one attached hydrogen (secondary N) is 1. The van der Waals surface area contributed by atoms with Gasteiger partial charge in [-0.25, -0.2) is 0 Å². The van der Waals surface area contributed by atoms with Crippen LogP contribution in [0, 0.1) is 26.7 Å². The molecule has 1 aromatic heterocycles. The van der Waals surface area contributed by atoms with E-state index in [9.17, 15) is 4.79 Å². The van der Waals surface area contributed by atoms with E-state index in [1.54, 1.807) is 0 Å². The molecular weight excluding hydrogens is 352 g/mol. The van der Waals surface area contributed by atoms with Gasteiger partial charge in [0.15, 0.2) is 6.61 Å². The summed E-state index contributed by atoms with van der Waals surface area (Å²) in [5, 5.41) is 3.03. The van der Waals surface area contributed by atoms with Gasteiger partial charge in [0.1, 0.15) is 17.3 Å². The summed E-state index contributed by atoms with van der Waals surface area (Å²) in [4.78, 5) is 14.8. The van der Waals surface area contributed by atoms with Crippen molar-refractivity contribution in [2.75, 3.05) is 26.2 Å². The SMILES string of the molecule is Cc1ccc([C@@H](CNC(=O)COc2ccc(C)c(C)c2)N2CCC(C)CC2)o1. The number of hydrogen-bond donors (Lipinski definition) is 1. The lowest BCUT2D eigenvalue weighted by molar-refractivity contribution is -0.123. The number of likely N-dealkylation sites (tertiary alicyclic amines) is 1. The predicted octanol–water partition coefficient (Wildman–Crippen LogP) is 4.17. The van der Waals surface area contributed by atoms with E-state index in [2.05, 4.69) is 24.1 Å². The van der Waals surface area contributed by atoms with E-state index in [0.717, 1.165) is 41.8 Å². The van der Waals surface area contributed by atoms with Crippen LogP contribution in [-0.2, 0) is 4.79 Å². The minimum atomic E-state index is -0.114. The van der Waals surface area contributed by atoms with Gasteiger partial charge in [-0.15, -0.1) is 0 Å². The number of amides is 1. The maximum Gasteiger partial charge on any atom is 0.258 e. The zero-order valence-corrected chi connectivity index (χ0v) is 17.5. The van der Waals surface area contributed by atoms with E-state index < -0.39 is 0 Å². The van der Waals surface area contributed by atoms with Crippen molar-refractivity contribution in [3.05, 3.63) is 53.0 Å². The molecule has 5 nitrogen and oxygen atoms in total. The molecule has 1 saturated heterocycles. The molecule has 1 fully saturated rings. The van der Waals surface area contributed by atoms with Gasteiger partial charge in [-0.1, -0.05) is 13.0 Å². The highest BCUT2D eigenvalue weighted by Crippen LogP contribution is 2.27. The van der Waals surface area contributed by atoms with E-state index in [1.807, 2.05) is 44.2 Å². The molecule has 1 N–H and O–H groups in total. The third kappa shape index (κ3) is 5.38. The number of furan rings is 1. The molecule has 0 radical (unpaired) electrons. The molecule has 1 amide bonds. The topological polar surface area (TPSA) is 54.7 Å². The average Bonchev–Trinajstić information content (AvgIpc) is 3.10. The van der Waals surface area contributed by atoms with Crippen LogP contribution in [0.2, 0.25) is 0 Å². The van der Waals surface area contributed by atoms with E-state index in [0.29, 0.717) is 6.54 Å². The van der Waals surface area contributed by atoms with Crippen LogP contribution in [0.3, 0.4) is 0 Å². The van der Waals surface area contributed by atoms with Crippen LogP contribution in [0.5, 0.6) is 5.75 Å². The minimum Gasteiger partial charge on any atom is -0.484 e. The number of rotatable bonds is 7. The summed E-state index contributed by atoms with van der Waals surface area (Å²) >= 11 is 0. The molecule has 28 heavy (non-hydrogen) atoms. The van der Waals surface area contributed by atoms with Crippen LogP contribution in [0.25, 0.3) is 0 Å². The summed E-state index contributed by atoms with van der Waals surface area (Å²) in [6.07, 6.45) is 2.36. The van der Waals surface area contributed by atoms with Gasteiger partial charge < -0.3 is 14.5 Å². The smallest absolute Gasteiger partial charge is 0.258 e. The molecular formula is C23H32N2O3. The van der Waals surface area contributed by atoms with Crippen molar-refractivity contribution >= 4 is 5.91 Å².